The molecule has 0 aliphatic carbocycles. The molecule has 4 N–H and O–H groups in total. The Balaban J connectivity index is 2.40. The Morgan fingerprint density at radius 1 is 0.620 bits per heavy atom. The van der Waals surface area contributed by atoms with Crippen LogP contribution in [0.1, 0.15) is 162 Å². The van der Waals surface area contributed by atoms with Crippen molar-refractivity contribution in [2.75, 3.05) is 19.8 Å². The zero-order valence-electron chi connectivity index (χ0n) is 31.4. The number of esters is 2. The highest BCUT2D eigenvalue weighted by atomic mass is 16.7. The van der Waals surface area contributed by atoms with Crippen molar-refractivity contribution in [3.8, 4) is 0 Å². The van der Waals surface area contributed by atoms with Crippen molar-refractivity contribution >= 4 is 11.9 Å². The molecule has 50 heavy (non-hydrogen) atoms. The molecule has 10 heteroatoms. The van der Waals surface area contributed by atoms with E-state index in [9.17, 15) is 30.0 Å². The van der Waals surface area contributed by atoms with E-state index in [1.807, 2.05) is 0 Å². The Hall–Kier alpha value is -1.82. The van der Waals surface area contributed by atoms with Crippen molar-refractivity contribution in [1.82, 2.24) is 0 Å². The van der Waals surface area contributed by atoms with E-state index < -0.39 is 55.4 Å². The van der Waals surface area contributed by atoms with E-state index in [2.05, 4.69) is 38.2 Å². The van der Waals surface area contributed by atoms with Crippen LogP contribution in [0.15, 0.2) is 24.3 Å². The molecule has 0 amide bonds. The number of ether oxygens (including phenoxy) is 4. The van der Waals surface area contributed by atoms with Crippen LogP contribution in [0.3, 0.4) is 0 Å². The van der Waals surface area contributed by atoms with E-state index in [1.54, 1.807) is 0 Å². The lowest BCUT2D eigenvalue weighted by Gasteiger charge is -2.39. The lowest BCUT2D eigenvalue weighted by atomic mass is 9.99. The van der Waals surface area contributed by atoms with E-state index in [4.69, 9.17) is 18.9 Å². The Labute approximate surface area is 303 Å². The van der Waals surface area contributed by atoms with Crippen LogP contribution in [0.5, 0.6) is 0 Å². The van der Waals surface area contributed by atoms with Crippen LogP contribution >= 0.6 is 0 Å². The molecule has 0 aromatic heterocycles. The molecule has 2 unspecified atom stereocenters. The monoisotopic (exact) mass is 713 g/mol. The number of hydrogen-bond acceptors (Lipinski definition) is 10. The number of unbranched alkanes of at least 4 members (excludes halogenated alkanes) is 17. The molecule has 0 aromatic carbocycles. The number of carbonyl (C=O) groups excluding carboxylic acids is 2. The van der Waals surface area contributed by atoms with Crippen LogP contribution in [0.25, 0.3) is 0 Å². The zero-order valence-corrected chi connectivity index (χ0v) is 31.4. The number of aliphatic hydroxyl groups excluding tert-OH is 4. The molecule has 10 nitrogen and oxygen atoms in total. The number of carbonyl (C=O) groups is 2. The third-order valence-corrected chi connectivity index (χ3v) is 9.09. The topological polar surface area (TPSA) is 152 Å². The predicted molar refractivity (Wildman–Crippen MR) is 196 cm³/mol. The van der Waals surface area contributed by atoms with Gasteiger partial charge in [0, 0.05) is 12.8 Å². The highest BCUT2D eigenvalue weighted by molar-refractivity contribution is 5.70. The van der Waals surface area contributed by atoms with Gasteiger partial charge < -0.3 is 39.4 Å². The number of aliphatic hydroxyl groups is 4. The molecule has 1 rings (SSSR count). The highest BCUT2D eigenvalue weighted by Crippen LogP contribution is 2.22. The minimum absolute atomic E-state index is 0.226. The molecule has 1 heterocycles. The summed E-state index contributed by atoms with van der Waals surface area (Å²) in [6, 6.07) is 0. The van der Waals surface area contributed by atoms with Gasteiger partial charge in [0.15, 0.2) is 12.4 Å². The fraction of sp³-hybridized carbons (Fsp3) is 0.850. The molecule has 1 aliphatic heterocycles. The molecule has 0 radical (unpaired) electrons. The van der Waals surface area contributed by atoms with Crippen molar-refractivity contribution in [2.24, 2.45) is 0 Å². The second-order valence-corrected chi connectivity index (χ2v) is 13.7. The smallest absolute Gasteiger partial charge is 0.306 e. The Morgan fingerprint density at radius 2 is 1.12 bits per heavy atom. The fourth-order valence-electron chi connectivity index (χ4n) is 5.86. The second kappa shape index (κ2) is 31.9. The Morgan fingerprint density at radius 3 is 1.70 bits per heavy atom. The molecule has 1 fully saturated rings. The summed E-state index contributed by atoms with van der Waals surface area (Å²) in [6.07, 6.45) is 24.8. The van der Waals surface area contributed by atoms with E-state index in [0.29, 0.717) is 12.8 Å². The van der Waals surface area contributed by atoms with Crippen LogP contribution in [0, 0.1) is 0 Å². The van der Waals surface area contributed by atoms with Crippen LogP contribution in [0.2, 0.25) is 0 Å². The molecule has 1 aliphatic rings. The maximum atomic E-state index is 12.7. The molecule has 1 saturated heterocycles. The van der Waals surface area contributed by atoms with Crippen molar-refractivity contribution in [3.05, 3.63) is 24.3 Å². The average Bonchev–Trinajstić information content (AvgIpc) is 3.11. The summed E-state index contributed by atoms with van der Waals surface area (Å²) < 4.78 is 22.0. The minimum Gasteiger partial charge on any atom is -0.462 e. The lowest BCUT2D eigenvalue weighted by Crippen LogP contribution is -2.59. The number of allylic oxidation sites excluding steroid dienone is 4. The molecule has 292 valence electrons. The molecule has 6 atom stereocenters. The maximum absolute atomic E-state index is 12.7. The van der Waals surface area contributed by atoms with Gasteiger partial charge in [-0.2, -0.15) is 0 Å². The normalized spacial score (nSPS) is 21.6. The third kappa shape index (κ3) is 23.6. The van der Waals surface area contributed by atoms with Crippen molar-refractivity contribution in [1.29, 1.82) is 0 Å². The quantitative estimate of drug-likeness (QED) is 0.0316. The average molecular weight is 713 g/mol. The van der Waals surface area contributed by atoms with Crippen molar-refractivity contribution in [2.45, 2.75) is 198 Å². The van der Waals surface area contributed by atoms with Gasteiger partial charge in [0.2, 0.25) is 0 Å². The first-order chi connectivity index (χ1) is 24.3. The van der Waals surface area contributed by atoms with Gasteiger partial charge in [-0.3, -0.25) is 9.59 Å². The lowest BCUT2D eigenvalue weighted by molar-refractivity contribution is -0.305. The zero-order chi connectivity index (χ0) is 36.7. The van der Waals surface area contributed by atoms with Crippen LogP contribution < -0.4 is 0 Å². The minimum atomic E-state index is -1.60. The van der Waals surface area contributed by atoms with Crippen LogP contribution in [0.4, 0.5) is 0 Å². The highest BCUT2D eigenvalue weighted by Gasteiger charge is 2.44. The fourth-order valence-corrected chi connectivity index (χ4v) is 5.86. The first-order valence-electron chi connectivity index (χ1n) is 19.9. The first-order valence-corrected chi connectivity index (χ1v) is 19.9. The third-order valence-electron chi connectivity index (χ3n) is 9.09. The van der Waals surface area contributed by atoms with Crippen LogP contribution in [-0.4, -0.2) is 89.0 Å². The standard InChI is InChI=1S/C40H72O10/c1-3-5-7-9-11-13-15-16-17-18-19-21-22-24-26-28-35(42)47-31-33(32-48-40-39(46)38(45)37(44)34(30-41)50-40)49-36(43)29-27-25-23-20-14-12-10-8-6-4-2/h16-17,19,21,33-34,37-41,44-46H,3-15,18,20,22-32H2,1-2H3/b17-16+,21-19+/t33-,34-,37+,38?,39?,40-/m0/s1. The van der Waals surface area contributed by atoms with Gasteiger partial charge in [0.25, 0.3) is 0 Å². The molecular weight excluding hydrogens is 640 g/mol. The van der Waals surface area contributed by atoms with Gasteiger partial charge in [-0.15, -0.1) is 0 Å². The molecular formula is C40H72O10. The number of hydrogen-bond donors (Lipinski definition) is 4. The molecule has 0 bridgehead atoms. The first kappa shape index (κ1) is 46.2. The van der Waals surface area contributed by atoms with Crippen molar-refractivity contribution < 1.29 is 49.0 Å². The van der Waals surface area contributed by atoms with Gasteiger partial charge in [0.1, 0.15) is 31.0 Å². The van der Waals surface area contributed by atoms with E-state index in [0.717, 1.165) is 44.9 Å². The van der Waals surface area contributed by atoms with E-state index in [1.165, 1.54) is 77.0 Å². The molecule has 0 aromatic rings. The second-order valence-electron chi connectivity index (χ2n) is 13.7. The maximum Gasteiger partial charge on any atom is 0.306 e. The summed E-state index contributed by atoms with van der Waals surface area (Å²) in [5, 5.41) is 39.9. The predicted octanol–water partition coefficient (Wildman–Crippen LogP) is 7.38. The Kier molecular flexibility index (Phi) is 29.5. The van der Waals surface area contributed by atoms with Crippen molar-refractivity contribution in [3.63, 3.8) is 0 Å². The molecule has 0 spiro atoms. The largest absolute Gasteiger partial charge is 0.462 e. The summed E-state index contributed by atoms with van der Waals surface area (Å²) in [5.41, 5.74) is 0. The van der Waals surface area contributed by atoms with Gasteiger partial charge in [0.05, 0.1) is 13.2 Å². The summed E-state index contributed by atoms with van der Waals surface area (Å²) in [6.45, 7) is 3.35. The number of rotatable bonds is 32. The summed E-state index contributed by atoms with van der Waals surface area (Å²) >= 11 is 0. The van der Waals surface area contributed by atoms with Gasteiger partial charge in [-0.05, 0) is 44.9 Å². The Bertz CT molecular complexity index is 876. The van der Waals surface area contributed by atoms with Gasteiger partial charge in [-0.1, -0.05) is 128 Å². The van der Waals surface area contributed by atoms with Gasteiger partial charge in [-0.25, -0.2) is 0 Å². The summed E-state index contributed by atoms with van der Waals surface area (Å²) in [7, 11) is 0. The summed E-state index contributed by atoms with van der Waals surface area (Å²) in [4.78, 5) is 25.1. The molecule has 0 saturated carbocycles. The van der Waals surface area contributed by atoms with E-state index >= 15 is 0 Å². The van der Waals surface area contributed by atoms with Gasteiger partial charge >= 0.3 is 11.9 Å². The summed E-state index contributed by atoms with van der Waals surface area (Å²) in [5.74, 6) is -0.845. The van der Waals surface area contributed by atoms with E-state index in [-0.39, 0.29) is 26.1 Å². The SMILES string of the molecule is CCCCCCCC/C=C/C/C=C/CCCCC(=O)OC[C@@H](CO[C@H]1O[C@@H](CO)[C@@H](O)C(O)C1O)OC(=O)CCCCCCCCCCCC. The van der Waals surface area contributed by atoms with Crippen LogP contribution in [-0.2, 0) is 28.5 Å².